The Bertz CT molecular complexity index is 149. The Morgan fingerprint density at radius 3 is 2.50 bits per heavy atom. The highest BCUT2D eigenvalue weighted by Crippen LogP contribution is 1.94. The van der Waals surface area contributed by atoms with Crippen molar-refractivity contribution in [2.45, 2.75) is 13.0 Å². The maximum atomic E-state index is 10.5. The van der Waals surface area contributed by atoms with Crippen molar-refractivity contribution in [2.24, 2.45) is 5.84 Å². The lowest BCUT2D eigenvalue weighted by molar-refractivity contribution is -0.128. The topological polar surface area (TPSA) is 81.4 Å². The number of halogens is 1. The second-order valence-electron chi connectivity index (χ2n) is 1.51. The van der Waals surface area contributed by atoms with Gasteiger partial charge in [0.2, 0.25) is 0 Å². The van der Waals surface area contributed by atoms with Crippen LogP contribution in [-0.4, -0.2) is 17.4 Å². The first-order valence-corrected chi connectivity index (χ1v) is 2.82. The average molecular weight is 167 g/mol. The fourth-order valence-corrected chi connectivity index (χ4v) is 0.443. The van der Waals surface area contributed by atoms with Crippen LogP contribution in [0.25, 0.3) is 0 Å². The number of hydrogen-bond donors (Lipinski definition) is 2. The normalized spacial score (nSPS) is 11.9. The lowest BCUT2D eigenvalue weighted by Crippen LogP contribution is -2.39. The quantitative estimate of drug-likeness (QED) is 0.256. The van der Waals surface area contributed by atoms with Crippen LogP contribution in [0.5, 0.6) is 0 Å². The van der Waals surface area contributed by atoms with E-state index in [1.165, 1.54) is 6.92 Å². The number of nitrogens with one attached hydrogen (secondary N) is 1. The van der Waals surface area contributed by atoms with Gasteiger partial charge in [-0.05, 0) is 6.92 Å². The molecule has 0 aromatic heterocycles. The number of nitrogens with two attached hydrogens (primary N) is 1. The highest BCUT2D eigenvalue weighted by atomic mass is 35.5. The van der Waals surface area contributed by atoms with E-state index in [1.807, 2.05) is 0 Å². The first-order chi connectivity index (χ1) is 4.57. The zero-order valence-electron chi connectivity index (χ0n) is 5.26. The van der Waals surface area contributed by atoms with E-state index in [1.54, 1.807) is 5.43 Å². The molecule has 0 heterocycles. The van der Waals surface area contributed by atoms with Crippen LogP contribution >= 0.6 is 11.6 Å². The standard InChI is InChI=1S/C4H7ClN2O3/c1-2(3(8)7-6)10-4(5)9/h2H,6H2,1H3,(H,7,8). The molecule has 0 aliphatic heterocycles. The SMILES string of the molecule is CC(OC(=O)Cl)C(=O)NN. The van der Waals surface area contributed by atoms with Crippen LogP contribution in [0.4, 0.5) is 4.79 Å². The molecule has 0 saturated carbocycles. The summed E-state index contributed by atoms with van der Waals surface area (Å²) in [4.78, 5) is 20.5. The predicted molar refractivity (Wildman–Crippen MR) is 34.1 cm³/mol. The molecule has 0 saturated heterocycles. The Balaban J connectivity index is 3.72. The van der Waals surface area contributed by atoms with E-state index in [-0.39, 0.29) is 0 Å². The molecule has 0 bridgehead atoms. The van der Waals surface area contributed by atoms with Crippen molar-refractivity contribution in [1.29, 1.82) is 0 Å². The molecule has 5 nitrogen and oxygen atoms in total. The van der Waals surface area contributed by atoms with Crippen LogP contribution in [0, 0.1) is 0 Å². The molecular formula is C4H7ClN2O3. The monoisotopic (exact) mass is 166 g/mol. The summed E-state index contributed by atoms with van der Waals surface area (Å²) in [5, 5.41) is 0. The summed E-state index contributed by atoms with van der Waals surface area (Å²) in [7, 11) is 0. The number of rotatable bonds is 2. The zero-order valence-corrected chi connectivity index (χ0v) is 6.01. The summed E-state index contributed by atoms with van der Waals surface area (Å²) in [6, 6.07) is 0. The van der Waals surface area contributed by atoms with Gasteiger partial charge in [0.05, 0.1) is 0 Å². The van der Waals surface area contributed by atoms with Gasteiger partial charge in [-0.1, -0.05) is 0 Å². The van der Waals surface area contributed by atoms with Crippen LogP contribution < -0.4 is 11.3 Å². The van der Waals surface area contributed by atoms with Gasteiger partial charge in [-0.3, -0.25) is 10.2 Å². The highest BCUT2D eigenvalue weighted by molar-refractivity contribution is 6.61. The van der Waals surface area contributed by atoms with Crippen molar-refractivity contribution in [3.63, 3.8) is 0 Å². The largest absolute Gasteiger partial charge is 0.440 e. The number of carbonyl (C=O) groups is 2. The maximum Gasteiger partial charge on any atom is 0.404 e. The molecule has 0 aliphatic rings. The molecule has 0 rings (SSSR count). The Morgan fingerprint density at radius 1 is 1.70 bits per heavy atom. The van der Waals surface area contributed by atoms with E-state index in [2.05, 4.69) is 4.74 Å². The minimum atomic E-state index is -1.03. The van der Waals surface area contributed by atoms with E-state index in [9.17, 15) is 9.59 Å². The van der Waals surface area contributed by atoms with Gasteiger partial charge in [0.1, 0.15) is 0 Å². The molecule has 0 aromatic carbocycles. The molecule has 6 heteroatoms. The van der Waals surface area contributed by atoms with Crippen LogP contribution in [0.15, 0.2) is 0 Å². The molecule has 1 amide bonds. The van der Waals surface area contributed by atoms with E-state index < -0.39 is 17.4 Å². The Labute approximate surface area is 62.4 Å². The van der Waals surface area contributed by atoms with Crippen molar-refractivity contribution in [2.75, 3.05) is 0 Å². The van der Waals surface area contributed by atoms with Crippen molar-refractivity contribution in [3.05, 3.63) is 0 Å². The summed E-state index contributed by atoms with van der Waals surface area (Å²) >= 11 is 4.79. The zero-order chi connectivity index (χ0) is 8.15. The predicted octanol–water partition coefficient (Wildman–Crippen LogP) is -0.260. The summed E-state index contributed by atoms with van der Waals surface area (Å²) in [6.07, 6.45) is -0.949. The molecule has 10 heavy (non-hydrogen) atoms. The van der Waals surface area contributed by atoms with Crippen molar-refractivity contribution in [1.82, 2.24) is 5.43 Å². The summed E-state index contributed by atoms with van der Waals surface area (Å²) in [5.74, 6) is 4.11. The Kier molecular flexibility index (Phi) is 3.75. The summed E-state index contributed by atoms with van der Waals surface area (Å²) in [5.41, 5.74) is 0.764. The molecule has 1 atom stereocenters. The Morgan fingerprint density at radius 2 is 2.20 bits per heavy atom. The fourth-order valence-electron chi connectivity index (χ4n) is 0.310. The van der Waals surface area contributed by atoms with E-state index in [4.69, 9.17) is 17.4 Å². The van der Waals surface area contributed by atoms with E-state index in [0.717, 1.165) is 0 Å². The lowest BCUT2D eigenvalue weighted by Gasteiger charge is -2.07. The fraction of sp³-hybridized carbons (Fsp3) is 0.500. The average Bonchev–Trinajstić information content (AvgIpc) is 1.85. The second-order valence-corrected chi connectivity index (χ2v) is 1.81. The van der Waals surface area contributed by atoms with Crippen molar-refractivity contribution >= 4 is 22.9 Å². The molecule has 0 fully saturated rings. The third kappa shape index (κ3) is 3.26. The smallest absolute Gasteiger partial charge is 0.404 e. The van der Waals surface area contributed by atoms with Gasteiger partial charge in [0, 0.05) is 11.6 Å². The van der Waals surface area contributed by atoms with Crippen molar-refractivity contribution < 1.29 is 14.3 Å². The number of hydrazine groups is 1. The molecule has 0 aromatic rings. The van der Waals surface area contributed by atoms with Gasteiger partial charge in [-0.2, -0.15) is 0 Å². The third-order valence-corrected chi connectivity index (χ3v) is 0.870. The molecular weight excluding hydrogens is 160 g/mol. The molecule has 0 spiro atoms. The Hall–Kier alpha value is -0.810. The van der Waals surface area contributed by atoms with Crippen LogP contribution in [0.3, 0.4) is 0 Å². The van der Waals surface area contributed by atoms with Gasteiger partial charge in [0.25, 0.3) is 5.91 Å². The molecule has 1 unspecified atom stereocenters. The van der Waals surface area contributed by atoms with Gasteiger partial charge >= 0.3 is 5.43 Å². The van der Waals surface area contributed by atoms with Crippen LogP contribution in [0.1, 0.15) is 6.92 Å². The van der Waals surface area contributed by atoms with Gasteiger partial charge < -0.3 is 4.74 Å². The lowest BCUT2D eigenvalue weighted by atomic mass is 10.4. The molecule has 58 valence electrons. The first-order valence-electron chi connectivity index (χ1n) is 2.44. The first kappa shape index (κ1) is 9.19. The van der Waals surface area contributed by atoms with Crippen LogP contribution in [0.2, 0.25) is 0 Å². The second kappa shape index (κ2) is 4.08. The summed E-state index contributed by atoms with van der Waals surface area (Å²) < 4.78 is 4.24. The molecule has 3 N–H and O–H groups in total. The van der Waals surface area contributed by atoms with Gasteiger partial charge in [0.15, 0.2) is 6.10 Å². The summed E-state index contributed by atoms with van der Waals surface area (Å²) in [6.45, 7) is 1.35. The number of carbonyl (C=O) groups excluding carboxylic acids is 2. The number of hydrogen-bond acceptors (Lipinski definition) is 4. The highest BCUT2D eigenvalue weighted by Gasteiger charge is 2.14. The van der Waals surface area contributed by atoms with E-state index >= 15 is 0 Å². The van der Waals surface area contributed by atoms with Crippen molar-refractivity contribution in [3.8, 4) is 0 Å². The minimum Gasteiger partial charge on any atom is -0.440 e. The minimum absolute atomic E-state index is 0.603. The molecule has 0 aliphatic carbocycles. The third-order valence-electron chi connectivity index (χ3n) is 0.781. The van der Waals surface area contributed by atoms with Crippen LogP contribution in [-0.2, 0) is 9.53 Å². The maximum absolute atomic E-state index is 10.5. The van der Waals surface area contributed by atoms with Gasteiger partial charge in [-0.15, -0.1) is 0 Å². The number of amides is 1. The van der Waals surface area contributed by atoms with Gasteiger partial charge in [-0.25, -0.2) is 10.6 Å². The number of ether oxygens (including phenoxy) is 1. The molecule has 0 radical (unpaired) electrons. The van der Waals surface area contributed by atoms with E-state index in [0.29, 0.717) is 0 Å².